The van der Waals surface area contributed by atoms with Crippen molar-refractivity contribution in [3.05, 3.63) is 33.3 Å². The summed E-state index contributed by atoms with van der Waals surface area (Å²) in [6.45, 7) is 0. The van der Waals surface area contributed by atoms with E-state index in [0.717, 1.165) is 0 Å². The highest BCUT2D eigenvalue weighted by Gasteiger charge is 2.09. The Morgan fingerprint density at radius 1 is 1.57 bits per heavy atom. The molecule has 0 aliphatic heterocycles. The van der Waals surface area contributed by atoms with Gasteiger partial charge in [-0.25, -0.2) is 0 Å². The number of carbonyl (C=O) groups excluding carboxylic acids is 1. The summed E-state index contributed by atoms with van der Waals surface area (Å²) in [6.07, 6.45) is 5.92. The van der Waals surface area contributed by atoms with Crippen molar-refractivity contribution in [3.63, 3.8) is 0 Å². The number of carbonyl (C=O) groups is 1. The van der Waals surface area contributed by atoms with E-state index in [9.17, 15) is 4.79 Å². The minimum Gasteiger partial charge on any atom is -0.294 e. The summed E-state index contributed by atoms with van der Waals surface area (Å²) in [4.78, 5) is 11.6. The van der Waals surface area contributed by atoms with Crippen LogP contribution in [0.2, 0.25) is 5.02 Å². The van der Waals surface area contributed by atoms with Crippen molar-refractivity contribution >= 4 is 33.3 Å². The van der Waals surface area contributed by atoms with E-state index in [0.29, 0.717) is 27.9 Å². The lowest BCUT2D eigenvalue weighted by atomic mass is 10.1. The summed E-state index contributed by atoms with van der Waals surface area (Å²) in [7, 11) is 0. The zero-order valence-corrected chi connectivity index (χ0v) is 9.73. The molecular weight excluding hydrogens is 263 g/mol. The molecule has 0 atom stereocenters. The van der Waals surface area contributed by atoms with Gasteiger partial charge in [0.15, 0.2) is 5.78 Å². The van der Waals surface area contributed by atoms with Crippen LogP contribution in [-0.2, 0) is 0 Å². The van der Waals surface area contributed by atoms with Crippen LogP contribution in [0.3, 0.4) is 0 Å². The zero-order valence-electron chi connectivity index (χ0n) is 7.39. The van der Waals surface area contributed by atoms with E-state index in [1.54, 1.807) is 18.2 Å². The van der Waals surface area contributed by atoms with Crippen LogP contribution in [-0.4, -0.2) is 5.78 Å². The summed E-state index contributed by atoms with van der Waals surface area (Å²) >= 11 is 9.04. The highest BCUT2D eigenvalue weighted by Crippen LogP contribution is 2.22. The molecule has 0 fully saturated rings. The third-order valence-corrected chi connectivity index (χ3v) is 2.62. The van der Waals surface area contributed by atoms with Gasteiger partial charge in [0.05, 0.1) is 0 Å². The van der Waals surface area contributed by atoms with Gasteiger partial charge in [0.1, 0.15) is 0 Å². The van der Waals surface area contributed by atoms with Crippen molar-refractivity contribution < 1.29 is 4.79 Å². The van der Waals surface area contributed by atoms with Gasteiger partial charge in [-0.05, 0) is 34.1 Å². The lowest BCUT2D eigenvalue weighted by molar-refractivity contribution is 0.0983. The van der Waals surface area contributed by atoms with E-state index in [-0.39, 0.29) is 5.78 Å². The quantitative estimate of drug-likeness (QED) is 0.605. The lowest BCUT2D eigenvalue weighted by Crippen LogP contribution is -1.99. The predicted octanol–water partition coefficient (Wildman–Crippen LogP) is 3.70. The molecule has 0 aliphatic rings. The van der Waals surface area contributed by atoms with Crippen molar-refractivity contribution in [2.24, 2.45) is 0 Å². The molecule has 0 heterocycles. The van der Waals surface area contributed by atoms with E-state index in [2.05, 4.69) is 21.9 Å². The number of benzene rings is 1. The van der Waals surface area contributed by atoms with Crippen LogP contribution >= 0.6 is 27.5 Å². The molecule has 1 aromatic carbocycles. The van der Waals surface area contributed by atoms with Crippen molar-refractivity contribution in [1.82, 2.24) is 0 Å². The Balaban J connectivity index is 2.86. The molecule has 0 N–H and O–H groups in total. The first kappa shape index (κ1) is 11.3. The summed E-state index contributed by atoms with van der Waals surface area (Å²) in [5, 5.41) is 0.602. The fourth-order valence-electron chi connectivity index (χ4n) is 1.04. The van der Waals surface area contributed by atoms with Gasteiger partial charge in [-0.1, -0.05) is 11.6 Å². The number of hydrogen-bond donors (Lipinski definition) is 0. The third kappa shape index (κ3) is 2.87. The molecule has 0 saturated carbocycles. The molecule has 0 radical (unpaired) electrons. The van der Waals surface area contributed by atoms with Crippen molar-refractivity contribution in [2.75, 3.05) is 0 Å². The second-order valence-corrected chi connectivity index (χ2v) is 4.04. The molecule has 14 heavy (non-hydrogen) atoms. The Bertz CT molecular complexity index is 393. The van der Waals surface area contributed by atoms with E-state index in [1.165, 1.54) is 0 Å². The van der Waals surface area contributed by atoms with Gasteiger partial charge in [0.25, 0.3) is 0 Å². The summed E-state index contributed by atoms with van der Waals surface area (Å²) in [5.74, 6) is 2.47. The van der Waals surface area contributed by atoms with Gasteiger partial charge in [0.2, 0.25) is 0 Å². The predicted molar refractivity (Wildman–Crippen MR) is 61.5 cm³/mol. The number of hydrogen-bond acceptors (Lipinski definition) is 1. The molecule has 0 aromatic heterocycles. The van der Waals surface area contributed by atoms with Crippen LogP contribution in [0.15, 0.2) is 22.7 Å². The number of terminal acetylenes is 1. The van der Waals surface area contributed by atoms with E-state index < -0.39 is 0 Å². The third-order valence-electron chi connectivity index (χ3n) is 1.73. The largest absolute Gasteiger partial charge is 0.294 e. The molecule has 0 amide bonds. The molecule has 72 valence electrons. The first-order chi connectivity index (χ1) is 6.65. The lowest BCUT2D eigenvalue weighted by Gasteiger charge is -2.02. The summed E-state index contributed by atoms with van der Waals surface area (Å²) < 4.78 is 0.715. The smallest absolute Gasteiger partial charge is 0.164 e. The Kier molecular flexibility index (Phi) is 4.19. The van der Waals surface area contributed by atoms with Gasteiger partial charge in [-0.3, -0.25) is 4.79 Å². The Hall–Kier alpha value is -0.780. The minimum absolute atomic E-state index is 0.0338. The monoisotopic (exact) mass is 270 g/mol. The fraction of sp³-hybridized carbons (Fsp3) is 0.182. The normalized spacial score (nSPS) is 9.50. The average molecular weight is 272 g/mol. The van der Waals surface area contributed by atoms with Gasteiger partial charge in [-0.2, -0.15) is 0 Å². The molecule has 0 saturated heterocycles. The number of Topliss-reactive ketones (excluding diaryl/α,β-unsaturated/α-hetero) is 1. The maximum atomic E-state index is 11.6. The molecule has 1 nitrogen and oxygen atoms in total. The number of ketones is 1. The molecule has 0 unspecified atom stereocenters. The molecule has 3 heteroatoms. The Labute approximate surface area is 96.6 Å². The summed E-state index contributed by atoms with van der Waals surface area (Å²) in [5.41, 5.74) is 0.629. The van der Waals surface area contributed by atoms with Crippen LogP contribution in [0.25, 0.3) is 0 Å². The standard InChI is InChI=1S/C11H8BrClO/c1-2-3-4-11(14)9-6-5-8(13)7-10(9)12/h1,5-7H,3-4H2. The fourth-order valence-corrected chi connectivity index (χ4v) is 1.94. The number of halogens is 2. The molecule has 1 rings (SSSR count). The van der Waals surface area contributed by atoms with E-state index >= 15 is 0 Å². The highest BCUT2D eigenvalue weighted by atomic mass is 79.9. The number of rotatable bonds is 3. The second-order valence-electron chi connectivity index (χ2n) is 2.75. The highest BCUT2D eigenvalue weighted by molar-refractivity contribution is 9.10. The maximum Gasteiger partial charge on any atom is 0.164 e. The topological polar surface area (TPSA) is 17.1 Å². The van der Waals surface area contributed by atoms with Crippen LogP contribution in [0.1, 0.15) is 23.2 Å². The van der Waals surface area contributed by atoms with Gasteiger partial charge >= 0.3 is 0 Å². The van der Waals surface area contributed by atoms with Crippen LogP contribution in [0.5, 0.6) is 0 Å². The molecule has 0 aliphatic carbocycles. The Morgan fingerprint density at radius 2 is 2.29 bits per heavy atom. The van der Waals surface area contributed by atoms with Gasteiger partial charge < -0.3 is 0 Å². The first-order valence-electron chi connectivity index (χ1n) is 4.07. The Morgan fingerprint density at radius 3 is 2.86 bits per heavy atom. The molecular formula is C11H8BrClO. The maximum absolute atomic E-state index is 11.6. The SMILES string of the molecule is C#CCCC(=O)c1ccc(Cl)cc1Br. The van der Waals surface area contributed by atoms with Gasteiger partial charge in [-0.15, -0.1) is 12.3 Å². The minimum atomic E-state index is 0.0338. The molecule has 0 bridgehead atoms. The van der Waals surface area contributed by atoms with Crippen LogP contribution in [0, 0.1) is 12.3 Å². The first-order valence-corrected chi connectivity index (χ1v) is 5.24. The van der Waals surface area contributed by atoms with E-state index in [4.69, 9.17) is 18.0 Å². The van der Waals surface area contributed by atoms with Crippen molar-refractivity contribution in [3.8, 4) is 12.3 Å². The molecule has 0 spiro atoms. The van der Waals surface area contributed by atoms with Crippen molar-refractivity contribution in [1.29, 1.82) is 0 Å². The average Bonchev–Trinajstić information content (AvgIpc) is 2.14. The van der Waals surface area contributed by atoms with Crippen LogP contribution < -0.4 is 0 Å². The summed E-state index contributed by atoms with van der Waals surface area (Å²) in [6, 6.07) is 5.09. The van der Waals surface area contributed by atoms with Gasteiger partial charge in [0, 0.05) is 27.9 Å². The molecule has 1 aromatic rings. The van der Waals surface area contributed by atoms with E-state index in [1.807, 2.05) is 0 Å². The zero-order chi connectivity index (χ0) is 10.6. The van der Waals surface area contributed by atoms with Crippen LogP contribution in [0.4, 0.5) is 0 Å². The second kappa shape index (κ2) is 5.19. The van der Waals surface area contributed by atoms with Crippen molar-refractivity contribution in [2.45, 2.75) is 12.8 Å².